The Labute approximate surface area is 233 Å². The molecule has 1 aliphatic rings. The Kier molecular flexibility index (Phi) is 6.19. The maximum Gasteiger partial charge on any atom is 0.134 e. The molecule has 2 aromatic heterocycles. The lowest BCUT2D eigenvalue weighted by molar-refractivity contribution is 0.749. The fourth-order valence-electron chi connectivity index (χ4n) is 5.28. The Hall–Kier alpha value is -5.35. The van der Waals surface area contributed by atoms with E-state index in [1.807, 2.05) is 30.6 Å². The second-order valence-electron chi connectivity index (χ2n) is 9.87. The predicted octanol–water partition coefficient (Wildman–Crippen LogP) is 8.25. The summed E-state index contributed by atoms with van der Waals surface area (Å²) in [6.07, 6.45) is 7.40. The number of rotatable bonds is 5. The molecule has 4 aromatic carbocycles. The van der Waals surface area contributed by atoms with Crippen LogP contribution in [0, 0.1) is 0 Å². The minimum Gasteiger partial charge on any atom is -0.359 e. The highest BCUT2D eigenvalue weighted by Crippen LogP contribution is 2.38. The van der Waals surface area contributed by atoms with E-state index in [1.54, 1.807) is 12.4 Å². The van der Waals surface area contributed by atoms with Crippen molar-refractivity contribution in [2.24, 2.45) is 4.99 Å². The molecule has 4 nitrogen and oxygen atoms in total. The fourth-order valence-corrected chi connectivity index (χ4v) is 5.28. The first-order valence-corrected chi connectivity index (χ1v) is 13.4. The van der Waals surface area contributed by atoms with Crippen LogP contribution in [0.4, 0.5) is 5.69 Å². The van der Waals surface area contributed by atoms with Crippen LogP contribution in [0.3, 0.4) is 0 Å². The molecule has 1 atom stereocenters. The zero-order chi connectivity index (χ0) is 26.7. The molecule has 0 saturated heterocycles. The first kappa shape index (κ1) is 23.7. The van der Waals surface area contributed by atoms with E-state index in [4.69, 9.17) is 4.99 Å². The minimum atomic E-state index is -0.0302. The Bertz CT molecular complexity index is 1740. The summed E-state index contributed by atoms with van der Waals surface area (Å²) < 4.78 is 0. The van der Waals surface area contributed by atoms with Crippen LogP contribution < -0.4 is 5.32 Å². The quantitative estimate of drug-likeness (QED) is 0.252. The minimum absolute atomic E-state index is 0.0302. The monoisotopic (exact) mass is 514 g/mol. The summed E-state index contributed by atoms with van der Waals surface area (Å²) in [6.45, 7) is 0. The molecule has 3 heterocycles. The zero-order valence-electron chi connectivity index (χ0n) is 21.8. The van der Waals surface area contributed by atoms with Crippen LogP contribution in [0.1, 0.15) is 22.7 Å². The van der Waals surface area contributed by atoms with E-state index in [0.29, 0.717) is 0 Å². The second-order valence-corrected chi connectivity index (χ2v) is 9.87. The molecule has 1 unspecified atom stereocenters. The molecule has 4 heteroatoms. The highest BCUT2D eigenvalue weighted by Gasteiger charge is 2.25. The van der Waals surface area contributed by atoms with Crippen molar-refractivity contribution in [3.63, 3.8) is 0 Å². The topological polar surface area (TPSA) is 50.2 Å². The molecule has 6 aromatic rings. The Morgan fingerprint density at radius 1 is 0.475 bits per heavy atom. The molecule has 0 spiro atoms. The van der Waals surface area contributed by atoms with Gasteiger partial charge in [0.05, 0.1) is 11.7 Å². The van der Waals surface area contributed by atoms with Crippen LogP contribution in [0.2, 0.25) is 0 Å². The van der Waals surface area contributed by atoms with Crippen molar-refractivity contribution < 1.29 is 0 Å². The van der Waals surface area contributed by atoms with Crippen LogP contribution in [0.25, 0.3) is 33.4 Å². The predicted molar refractivity (Wildman–Crippen MR) is 162 cm³/mol. The van der Waals surface area contributed by atoms with E-state index in [2.05, 4.69) is 118 Å². The van der Waals surface area contributed by atoms with Gasteiger partial charge in [0, 0.05) is 47.0 Å². The van der Waals surface area contributed by atoms with Gasteiger partial charge in [-0.05, 0) is 64.2 Å². The number of amidine groups is 1. The van der Waals surface area contributed by atoms with Gasteiger partial charge in [0.1, 0.15) is 5.84 Å². The summed E-state index contributed by atoms with van der Waals surface area (Å²) in [5.74, 6) is 0.836. The second kappa shape index (κ2) is 10.4. The van der Waals surface area contributed by atoms with E-state index in [1.165, 1.54) is 11.1 Å². The van der Waals surface area contributed by atoms with Crippen molar-refractivity contribution in [2.45, 2.75) is 6.04 Å². The number of nitrogens with zero attached hydrogens (tertiary/aromatic N) is 3. The number of hydrogen-bond donors (Lipinski definition) is 1. The summed E-state index contributed by atoms with van der Waals surface area (Å²) in [6, 6.07) is 42.3. The largest absolute Gasteiger partial charge is 0.359 e. The third-order valence-corrected chi connectivity index (χ3v) is 7.29. The smallest absolute Gasteiger partial charge is 0.134 e. The highest BCUT2D eigenvalue weighted by atomic mass is 15.1. The third-order valence-electron chi connectivity index (χ3n) is 7.29. The summed E-state index contributed by atoms with van der Waals surface area (Å²) >= 11 is 0. The summed E-state index contributed by atoms with van der Waals surface area (Å²) in [5.41, 5.74) is 10.9. The van der Waals surface area contributed by atoms with Crippen LogP contribution in [0.5, 0.6) is 0 Å². The molecule has 0 bridgehead atoms. The van der Waals surface area contributed by atoms with Gasteiger partial charge < -0.3 is 5.32 Å². The standard InChI is InChI=1S/C36H26N4/c1-3-9-25(10-4-1)27-15-16-33-34(22-27)39-36(40-35(33)26-11-5-2-6-12-26)32-20-30(28-13-7-17-37-23-28)19-31(21-32)29-14-8-18-38-24-29/h1-24,35H,(H,39,40). The lowest BCUT2D eigenvalue weighted by atomic mass is 9.91. The van der Waals surface area contributed by atoms with E-state index < -0.39 is 0 Å². The van der Waals surface area contributed by atoms with Crippen molar-refractivity contribution >= 4 is 11.5 Å². The van der Waals surface area contributed by atoms with Crippen LogP contribution in [0.15, 0.2) is 151 Å². The molecule has 0 aliphatic carbocycles. The summed E-state index contributed by atoms with van der Waals surface area (Å²) in [5, 5.41) is 3.78. The molecule has 1 N–H and O–H groups in total. The van der Waals surface area contributed by atoms with Gasteiger partial charge in [-0.3, -0.25) is 9.97 Å². The van der Waals surface area contributed by atoms with Crippen molar-refractivity contribution in [3.05, 3.63) is 163 Å². The average molecular weight is 515 g/mol. The fraction of sp³-hybridized carbons (Fsp3) is 0.0278. The van der Waals surface area contributed by atoms with E-state index in [0.717, 1.165) is 50.5 Å². The van der Waals surface area contributed by atoms with Gasteiger partial charge in [-0.2, -0.15) is 0 Å². The third kappa shape index (κ3) is 4.67. The van der Waals surface area contributed by atoms with Gasteiger partial charge in [0.15, 0.2) is 0 Å². The number of fused-ring (bicyclic) bond motifs is 1. The number of benzene rings is 4. The maximum atomic E-state index is 5.22. The van der Waals surface area contributed by atoms with E-state index in [9.17, 15) is 0 Å². The van der Waals surface area contributed by atoms with Gasteiger partial charge in [0.2, 0.25) is 0 Å². The first-order chi connectivity index (χ1) is 19.8. The van der Waals surface area contributed by atoms with Crippen LogP contribution in [-0.4, -0.2) is 15.8 Å². The molecule has 0 saturated carbocycles. The molecule has 1 aliphatic heterocycles. The molecule has 0 radical (unpaired) electrons. The summed E-state index contributed by atoms with van der Waals surface area (Å²) in [7, 11) is 0. The first-order valence-electron chi connectivity index (χ1n) is 13.4. The van der Waals surface area contributed by atoms with Crippen molar-refractivity contribution in [3.8, 4) is 33.4 Å². The number of pyridine rings is 2. The van der Waals surface area contributed by atoms with Crippen LogP contribution in [-0.2, 0) is 0 Å². The maximum absolute atomic E-state index is 5.22. The lowest BCUT2D eigenvalue weighted by Gasteiger charge is -2.28. The van der Waals surface area contributed by atoms with Gasteiger partial charge >= 0.3 is 0 Å². The van der Waals surface area contributed by atoms with Gasteiger partial charge in [-0.1, -0.05) is 84.9 Å². The van der Waals surface area contributed by atoms with Gasteiger partial charge in [-0.15, -0.1) is 0 Å². The molecule has 0 amide bonds. The van der Waals surface area contributed by atoms with E-state index in [-0.39, 0.29) is 6.04 Å². The number of nitrogens with one attached hydrogen (secondary N) is 1. The Balaban J connectivity index is 1.41. The number of aromatic nitrogens is 2. The van der Waals surface area contributed by atoms with Crippen molar-refractivity contribution in [1.82, 2.24) is 15.3 Å². The van der Waals surface area contributed by atoms with Crippen molar-refractivity contribution in [2.75, 3.05) is 0 Å². The van der Waals surface area contributed by atoms with Crippen molar-refractivity contribution in [1.29, 1.82) is 0 Å². The molecule has 7 rings (SSSR count). The molecule has 40 heavy (non-hydrogen) atoms. The van der Waals surface area contributed by atoms with Gasteiger partial charge in [-0.25, -0.2) is 4.99 Å². The average Bonchev–Trinajstić information content (AvgIpc) is 3.05. The van der Waals surface area contributed by atoms with Gasteiger partial charge in [0.25, 0.3) is 0 Å². The molecular formula is C36H26N4. The Morgan fingerprint density at radius 2 is 1.07 bits per heavy atom. The Morgan fingerprint density at radius 3 is 1.70 bits per heavy atom. The zero-order valence-corrected chi connectivity index (χ0v) is 21.8. The SMILES string of the molecule is c1ccc(-c2ccc3c(c2)N=C(c2cc(-c4cccnc4)cc(-c4cccnc4)c2)NC3c2ccccc2)cc1. The number of hydrogen-bond acceptors (Lipinski definition) is 4. The normalized spacial score (nSPS) is 14.1. The molecular weight excluding hydrogens is 488 g/mol. The lowest BCUT2D eigenvalue weighted by Crippen LogP contribution is -2.32. The highest BCUT2D eigenvalue weighted by molar-refractivity contribution is 6.04. The number of aliphatic imine (C=N–C) groups is 1. The summed E-state index contributed by atoms with van der Waals surface area (Å²) in [4.78, 5) is 14.0. The molecule has 190 valence electrons. The molecule has 0 fully saturated rings. The van der Waals surface area contributed by atoms with Crippen LogP contribution >= 0.6 is 0 Å². The van der Waals surface area contributed by atoms with E-state index >= 15 is 0 Å².